The highest BCUT2D eigenvalue weighted by atomic mass is 19.1. The van der Waals surface area contributed by atoms with Crippen LogP contribution in [0.5, 0.6) is 0 Å². The first kappa shape index (κ1) is 20.7. The van der Waals surface area contributed by atoms with Crippen LogP contribution < -0.4 is 5.32 Å². The smallest absolute Gasteiger partial charge is 0.240 e. The third-order valence-corrected chi connectivity index (χ3v) is 9.05. The molecule has 5 aliphatic heterocycles. The molecule has 4 saturated heterocycles. The second-order valence-electron chi connectivity index (χ2n) is 10.7. The van der Waals surface area contributed by atoms with Gasteiger partial charge < -0.3 is 15.0 Å². The number of rotatable bonds is 4. The molecule has 3 aromatic rings. The van der Waals surface area contributed by atoms with Crippen molar-refractivity contribution in [1.29, 1.82) is 0 Å². The van der Waals surface area contributed by atoms with E-state index in [4.69, 9.17) is 4.74 Å². The van der Waals surface area contributed by atoms with Crippen molar-refractivity contribution in [3.63, 3.8) is 0 Å². The Balaban J connectivity index is 1.24. The summed E-state index contributed by atoms with van der Waals surface area (Å²) in [5, 5.41) is 3.80. The maximum Gasteiger partial charge on any atom is 0.240 e. The summed E-state index contributed by atoms with van der Waals surface area (Å²) in [6, 6.07) is 25.2. The fourth-order valence-corrected chi connectivity index (χ4v) is 7.75. The van der Waals surface area contributed by atoms with Crippen LogP contribution in [0.3, 0.4) is 0 Å². The van der Waals surface area contributed by atoms with Crippen LogP contribution in [0.25, 0.3) is 6.08 Å². The van der Waals surface area contributed by atoms with Crippen molar-refractivity contribution in [3.05, 3.63) is 107 Å². The zero-order chi connectivity index (χ0) is 24.1. The minimum absolute atomic E-state index is 0.0400. The molecule has 180 valence electrons. The molecule has 4 unspecified atom stereocenters. The average Bonchev–Trinajstić information content (AvgIpc) is 3.43. The molecule has 36 heavy (non-hydrogen) atoms. The molecular formula is C30H26FN3O2. The van der Waals surface area contributed by atoms with Gasteiger partial charge in [0.2, 0.25) is 5.91 Å². The van der Waals surface area contributed by atoms with Gasteiger partial charge in [0.15, 0.2) is 0 Å². The number of hydrogen-bond donors (Lipinski definition) is 1. The van der Waals surface area contributed by atoms with Gasteiger partial charge in [-0.3, -0.25) is 9.69 Å². The Hall–Kier alpha value is -3.48. The Morgan fingerprint density at radius 1 is 1.03 bits per heavy atom. The van der Waals surface area contributed by atoms with E-state index in [9.17, 15) is 9.18 Å². The van der Waals surface area contributed by atoms with Crippen molar-refractivity contribution in [2.24, 2.45) is 0 Å². The summed E-state index contributed by atoms with van der Waals surface area (Å²) in [6.45, 7) is 1.10. The van der Waals surface area contributed by atoms with E-state index >= 15 is 0 Å². The Bertz CT molecular complexity index is 1410. The highest BCUT2D eigenvalue weighted by Gasteiger charge is 2.86. The predicted molar refractivity (Wildman–Crippen MR) is 134 cm³/mol. The summed E-state index contributed by atoms with van der Waals surface area (Å²) in [5.41, 5.74) is 3.51. The first-order valence-electron chi connectivity index (χ1n) is 12.7. The van der Waals surface area contributed by atoms with Crippen LogP contribution in [0.2, 0.25) is 0 Å². The van der Waals surface area contributed by atoms with Gasteiger partial charge in [0.05, 0.1) is 24.2 Å². The van der Waals surface area contributed by atoms with Crippen molar-refractivity contribution < 1.29 is 13.9 Å². The molecule has 1 N–H and O–H groups in total. The number of fused-ring (bicyclic) bond motifs is 2. The number of halogens is 1. The minimum Gasteiger partial charge on any atom is -0.377 e. The van der Waals surface area contributed by atoms with Crippen molar-refractivity contribution in [2.45, 2.75) is 48.3 Å². The van der Waals surface area contributed by atoms with Gasteiger partial charge in [-0.05, 0) is 29.3 Å². The lowest BCUT2D eigenvalue weighted by Crippen LogP contribution is -2.72. The number of carbonyl (C=O) groups is 1. The number of benzene rings is 3. The normalized spacial score (nSPS) is 35.4. The lowest BCUT2D eigenvalue weighted by Gasteiger charge is -2.58. The number of hydrogen-bond acceptors (Lipinski definition) is 4. The second-order valence-corrected chi connectivity index (χ2v) is 10.7. The molecule has 4 fully saturated rings. The minimum atomic E-state index is -0.523. The molecule has 1 amide bonds. The summed E-state index contributed by atoms with van der Waals surface area (Å²) < 4.78 is 20.4. The Morgan fingerprint density at radius 2 is 1.81 bits per heavy atom. The SMILES string of the molecule is O=C1[C@@H]2CC3OC45c6ccccc6N[C@@H]4C(CN1Cc1ccc(F)cc1)N2C35/C=C/c1ccccc1. The highest BCUT2D eigenvalue weighted by molar-refractivity contribution is 5.86. The third-order valence-electron chi connectivity index (χ3n) is 9.05. The van der Waals surface area contributed by atoms with Crippen molar-refractivity contribution in [3.8, 4) is 0 Å². The Kier molecular flexibility index (Phi) is 4.05. The first-order valence-corrected chi connectivity index (χ1v) is 12.7. The Morgan fingerprint density at radius 3 is 2.64 bits per heavy atom. The number of para-hydroxylation sites is 1. The van der Waals surface area contributed by atoms with Gasteiger partial charge in [0, 0.05) is 30.8 Å². The molecule has 0 aromatic heterocycles. The molecule has 0 radical (unpaired) electrons. The highest BCUT2D eigenvalue weighted by Crippen LogP contribution is 2.71. The van der Waals surface area contributed by atoms with E-state index in [0.29, 0.717) is 19.5 Å². The third kappa shape index (κ3) is 2.39. The molecule has 0 saturated carbocycles. The summed E-state index contributed by atoms with van der Waals surface area (Å²) in [5.74, 6) is -0.118. The molecular weight excluding hydrogens is 453 g/mol. The van der Waals surface area contributed by atoms with E-state index in [1.165, 1.54) is 17.7 Å². The molecule has 8 rings (SSSR count). The largest absolute Gasteiger partial charge is 0.377 e. The van der Waals surface area contributed by atoms with E-state index in [1.807, 2.05) is 11.0 Å². The lowest BCUT2D eigenvalue weighted by molar-refractivity contribution is -0.259. The van der Waals surface area contributed by atoms with Crippen LogP contribution >= 0.6 is 0 Å². The Labute approximate surface area is 209 Å². The van der Waals surface area contributed by atoms with E-state index < -0.39 is 5.60 Å². The zero-order valence-electron chi connectivity index (χ0n) is 19.7. The maximum atomic E-state index is 13.9. The van der Waals surface area contributed by atoms with Gasteiger partial charge in [-0.2, -0.15) is 0 Å². The van der Waals surface area contributed by atoms with Crippen LogP contribution in [0, 0.1) is 5.82 Å². The van der Waals surface area contributed by atoms with E-state index in [1.54, 1.807) is 12.1 Å². The van der Waals surface area contributed by atoms with Crippen LogP contribution in [-0.2, 0) is 21.7 Å². The number of nitrogens with zero attached hydrogens (tertiary/aromatic N) is 2. The number of anilines is 1. The molecule has 0 aliphatic carbocycles. The first-order chi connectivity index (χ1) is 17.6. The van der Waals surface area contributed by atoms with Crippen LogP contribution in [-0.4, -0.2) is 52.0 Å². The summed E-state index contributed by atoms with van der Waals surface area (Å²) in [4.78, 5) is 18.3. The van der Waals surface area contributed by atoms with Crippen molar-refractivity contribution in [2.75, 3.05) is 11.9 Å². The monoisotopic (exact) mass is 479 g/mol. The number of amides is 1. The van der Waals surface area contributed by atoms with Gasteiger partial charge in [-0.1, -0.05) is 72.8 Å². The van der Waals surface area contributed by atoms with Crippen LogP contribution in [0.1, 0.15) is 23.1 Å². The molecule has 0 bridgehead atoms. The summed E-state index contributed by atoms with van der Waals surface area (Å²) >= 11 is 0. The fraction of sp³-hybridized carbons (Fsp3) is 0.300. The number of carbonyl (C=O) groups excluding carboxylic acids is 1. The molecule has 1 spiro atoms. The number of piperazine rings is 1. The quantitative estimate of drug-likeness (QED) is 0.610. The second kappa shape index (κ2) is 7.05. The number of ether oxygens (including phenoxy) is 1. The average molecular weight is 480 g/mol. The van der Waals surface area contributed by atoms with Crippen molar-refractivity contribution in [1.82, 2.24) is 9.80 Å². The van der Waals surface area contributed by atoms with Gasteiger partial charge in [-0.25, -0.2) is 4.39 Å². The standard InChI is InChI=1S/C30H26FN3O2/c31-21-12-10-20(11-13-21)17-33-18-25-27-30(22-8-4-5-9-23(22)32-27)29(15-14-19-6-2-1-3-7-19)26(36-30)16-24(28(33)35)34(25)29/h1-15,24-27,32H,16-18H2/b15-14+/t24-,25?,26?,27+,29?,30?/m0/s1. The van der Waals surface area contributed by atoms with E-state index in [0.717, 1.165) is 16.8 Å². The fourth-order valence-electron chi connectivity index (χ4n) is 7.75. The van der Waals surface area contributed by atoms with Gasteiger partial charge in [-0.15, -0.1) is 0 Å². The molecule has 6 heteroatoms. The summed E-state index contributed by atoms with van der Waals surface area (Å²) in [6.07, 6.45) is 5.17. The predicted octanol–water partition coefficient (Wildman–Crippen LogP) is 4.17. The van der Waals surface area contributed by atoms with E-state index in [2.05, 4.69) is 70.9 Å². The maximum absolute atomic E-state index is 13.9. The van der Waals surface area contributed by atoms with Crippen molar-refractivity contribution >= 4 is 17.7 Å². The van der Waals surface area contributed by atoms with Crippen LogP contribution in [0.15, 0.2) is 84.9 Å². The molecule has 5 aliphatic rings. The zero-order valence-corrected chi connectivity index (χ0v) is 19.7. The summed E-state index contributed by atoms with van der Waals surface area (Å²) in [7, 11) is 0. The van der Waals surface area contributed by atoms with Crippen LogP contribution in [0.4, 0.5) is 10.1 Å². The van der Waals surface area contributed by atoms with Gasteiger partial charge >= 0.3 is 0 Å². The van der Waals surface area contributed by atoms with Gasteiger partial charge in [0.25, 0.3) is 0 Å². The van der Waals surface area contributed by atoms with Gasteiger partial charge in [0.1, 0.15) is 17.0 Å². The molecule has 5 nitrogen and oxygen atoms in total. The topological polar surface area (TPSA) is 44.8 Å². The van der Waals surface area contributed by atoms with E-state index in [-0.39, 0.29) is 41.5 Å². The number of nitrogens with one attached hydrogen (secondary N) is 1. The molecule has 6 atom stereocenters. The lowest BCUT2D eigenvalue weighted by atomic mass is 9.66. The molecule has 3 aromatic carbocycles. The molecule has 5 heterocycles.